The van der Waals surface area contributed by atoms with Crippen LogP contribution in [0, 0.1) is 6.92 Å². The van der Waals surface area contributed by atoms with E-state index < -0.39 is 41.0 Å². The van der Waals surface area contributed by atoms with Crippen molar-refractivity contribution in [2.45, 2.75) is 63.1 Å². The fourth-order valence-corrected chi connectivity index (χ4v) is 8.19. The van der Waals surface area contributed by atoms with Crippen LogP contribution in [0.25, 0.3) is 0 Å². The number of piperidine rings is 1. The molecule has 2 amide bonds. The Kier molecular flexibility index (Phi) is 9.93. The van der Waals surface area contributed by atoms with Gasteiger partial charge in [-0.1, -0.05) is 30.3 Å². The molecule has 3 aromatic rings. The second-order valence-corrected chi connectivity index (χ2v) is 14.3. The maximum absolute atomic E-state index is 13.7. The minimum absolute atomic E-state index is 0.0513. The molecule has 0 aliphatic carbocycles. The van der Waals surface area contributed by atoms with Gasteiger partial charge in [0.1, 0.15) is 0 Å². The quantitative estimate of drug-likeness (QED) is 0.266. The number of amides is 2. The number of rotatable bonds is 6. The van der Waals surface area contributed by atoms with Gasteiger partial charge < -0.3 is 9.80 Å². The molecule has 0 bridgehead atoms. The van der Waals surface area contributed by atoms with Gasteiger partial charge >= 0.3 is 12.4 Å². The molecule has 3 fully saturated rings. The summed E-state index contributed by atoms with van der Waals surface area (Å²) in [6.07, 6.45) is -7.61. The smallest absolute Gasteiger partial charge is 0.336 e. The van der Waals surface area contributed by atoms with Crippen LogP contribution in [-0.2, 0) is 18.8 Å². The Morgan fingerprint density at radius 1 is 0.750 bits per heavy atom. The van der Waals surface area contributed by atoms with E-state index in [9.17, 15) is 35.9 Å². The maximum atomic E-state index is 13.7. The number of carbonyl (C=O) groups is 2. The average molecular weight is 693 g/mol. The van der Waals surface area contributed by atoms with E-state index in [1.807, 2.05) is 54.3 Å². The van der Waals surface area contributed by atoms with Crippen LogP contribution < -0.4 is 0 Å². The van der Waals surface area contributed by atoms with Crippen molar-refractivity contribution in [3.8, 4) is 0 Å². The average Bonchev–Trinajstić information content (AvgIpc) is 3.73. The largest absolute Gasteiger partial charge is 0.416 e. The molecule has 6 nitrogen and oxygen atoms in total. The molecule has 0 radical (unpaired) electrons. The fourth-order valence-electron chi connectivity index (χ4n) is 7.35. The minimum atomic E-state index is -5.04. The summed E-state index contributed by atoms with van der Waals surface area (Å²) in [4.78, 5) is 36.8. The van der Waals surface area contributed by atoms with Crippen molar-refractivity contribution in [1.29, 1.82) is 0 Å². The monoisotopic (exact) mass is 692 g/mol. The second kappa shape index (κ2) is 13.8. The van der Waals surface area contributed by atoms with Crippen molar-refractivity contribution in [2.75, 3.05) is 45.8 Å². The number of benzene rings is 2. The van der Waals surface area contributed by atoms with Crippen LogP contribution in [0.1, 0.15) is 60.9 Å². The van der Waals surface area contributed by atoms with E-state index in [1.54, 1.807) is 0 Å². The summed E-state index contributed by atoms with van der Waals surface area (Å²) < 4.78 is 81.6. The highest BCUT2D eigenvalue weighted by molar-refractivity contribution is 7.13. The standard InChI is InChI=1S/C35H38F6N4O2S/c1-23-7-8-31(48-23)33(47)44-11-9-29(22-44)43-15-13-42(14-16-43)28-10-12-45(30(21-28)17-24-5-3-2-4-6-24)32(46)25-18-26(34(36,37)38)20-27(19-25)35(39,40)41/h2-8,18-20,28-30H,9-17,21-22H2,1H3/t28-,29+,30+/m0/s1. The topological polar surface area (TPSA) is 47.1 Å². The lowest BCUT2D eigenvalue weighted by atomic mass is 9.90. The normalized spacial score (nSPS) is 23.1. The van der Waals surface area contributed by atoms with Gasteiger partial charge in [-0.2, -0.15) is 26.3 Å². The number of alkyl halides is 6. The summed E-state index contributed by atoms with van der Waals surface area (Å²) in [6.45, 7) is 6.90. The Labute approximate surface area is 279 Å². The lowest BCUT2D eigenvalue weighted by Crippen LogP contribution is -2.58. The van der Waals surface area contributed by atoms with Gasteiger partial charge in [-0.15, -0.1) is 11.3 Å². The number of halogens is 6. The Bertz CT molecular complexity index is 1570. The minimum Gasteiger partial charge on any atom is -0.336 e. The molecule has 6 rings (SSSR count). The Morgan fingerprint density at radius 3 is 1.94 bits per heavy atom. The summed E-state index contributed by atoms with van der Waals surface area (Å²) >= 11 is 1.51. The van der Waals surface area contributed by atoms with Crippen molar-refractivity contribution in [3.05, 3.63) is 92.7 Å². The van der Waals surface area contributed by atoms with Gasteiger partial charge in [0.05, 0.1) is 16.0 Å². The Morgan fingerprint density at radius 2 is 1.35 bits per heavy atom. The molecule has 48 heavy (non-hydrogen) atoms. The van der Waals surface area contributed by atoms with Gasteiger partial charge in [-0.25, -0.2) is 0 Å². The molecule has 13 heteroatoms. The van der Waals surface area contributed by atoms with Gasteiger partial charge in [-0.05, 0) is 68.5 Å². The lowest BCUT2D eigenvalue weighted by molar-refractivity contribution is -0.143. The van der Waals surface area contributed by atoms with Crippen molar-refractivity contribution in [2.24, 2.45) is 0 Å². The molecular formula is C35H38F6N4O2S. The van der Waals surface area contributed by atoms with E-state index in [2.05, 4.69) is 9.80 Å². The molecule has 3 saturated heterocycles. The molecule has 0 N–H and O–H groups in total. The number of piperazine rings is 1. The fraction of sp³-hybridized carbons (Fsp3) is 0.486. The first kappa shape index (κ1) is 34.4. The molecule has 2 aromatic carbocycles. The van der Waals surface area contributed by atoms with E-state index in [0.29, 0.717) is 37.9 Å². The summed E-state index contributed by atoms with van der Waals surface area (Å²) in [5.74, 6) is -0.742. The molecule has 1 aromatic heterocycles. The predicted molar refractivity (Wildman–Crippen MR) is 171 cm³/mol. The molecule has 0 unspecified atom stereocenters. The van der Waals surface area contributed by atoms with E-state index >= 15 is 0 Å². The first-order chi connectivity index (χ1) is 22.8. The number of thiophene rings is 1. The molecule has 0 saturated carbocycles. The zero-order valence-corrected chi connectivity index (χ0v) is 27.4. The molecular weight excluding hydrogens is 654 g/mol. The molecule has 258 valence electrons. The van der Waals surface area contributed by atoms with Crippen molar-refractivity contribution in [3.63, 3.8) is 0 Å². The summed E-state index contributed by atoms with van der Waals surface area (Å²) in [6, 6.07) is 14.4. The molecule has 4 heterocycles. The SMILES string of the molecule is Cc1ccc(C(=O)N2CC[C@@H](N3CCN([C@H]4CCN(C(=O)c5cc(C(F)(F)F)cc(C(F)(F)F)c5)[C@H](Cc5ccccc5)C4)CC3)C2)s1. The summed E-state index contributed by atoms with van der Waals surface area (Å²) in [5.41, 5.74) is -2.67. The van der Waals surface area contributed by atoms with Crippen LogP contribution in [0.15, 0.2) is 60.7 Å². The van der Waals surface area contributed by atoms with Crippen LogP contribution in [0.4, 0.5) is 26.3 Å². The third-order valence-corrected chi connectivity index (χ3v) is 10.9. The number of hydrogen-bond acceptors (Lipinski definition) is 5. The zero-order chi connectivity index (χ0) is 34.2. The number of aryl methyl sites for hydroxylation is 1. The highest BCUT2D eigenvalue weighted by atomic mass is 32.1. The van der Waals surface area contributed by atoms with E-state index in [-0.39, 0.29) is 30.6 Å². The second-order valence-electron chi connectivity index (χ2n) is 13.0. The molecule has 0 spiro atoms. The molecule has 3 aliphatic heterocycles. The van der Waals surface area contributed by atoms with Gasteiger partial charge in [0, 0.05) is 74.4 Å². The molecule has 3 atom stereocenters. The number of likely N-dealkylation sites (tertiary alicyclic amines) is 2. The molecule has 3 aliphatic rings. The van der Waals surface area contributed by atoms with Crippen LogP contribution in [0.5, 0.6) is 0 Å². The highest BCUT2D eigenvalue weighted by Gasteiger charge is 2.41. The number of carbonyl (C=O) groups excluding carboxylic acids is 2. The van der Waals surface area contributed by atoms with E-state index in [4.69, 9.17) is 0 Å². The zero-order valence-electron chi connectivity index (χ0n) is 26.6. The maximum Gasteiger partial charge on any atom is 0.416 e. The predicted octanol–water partition coefficient (Wildman–Crippen LogP) is 6.84. The van der Waals surface area contributed by atoms with Gasteiger partial charge in [0.2, 0.25) is 0 Å². The Balaban J connectivity index is 1.13. The van der Waals surface area contributed by atoms with Crippen molar-refractivity contribution < 1.29 is 35.9 Å². The van der Waals surface area contributed by atoms with Crippen molar-refractivity contribution >= 4 is 23.2 Å². The highest BCUT2D eigenvalue weighted by Crippen LogP contribution is 2.37. The van der Waals surface area contributed by atoms with Crippen LogP contribution in [0.2, 0.25) is 0 Å². The van der Waals surface area contributed by atoms with E-state index in [0.717, 1.165) is 54.5 Å². The van der Waals surface area contributed by atoms with Crippen molar-refractivity contribution in [1.82, 2.24) is 19.6 Å². The van der Waals surface area contributed by atoms with Gasteiger partial charge in [0.15, 0.2) is 0 Å². The summed E-state index contributed by atoms with van der Waals surface area (Å²) in [7, 11) is 0. The third kappa shape index (κ3) is 7.73. The number of nitrogens with zero attached hydrogens (tertiary/aromatic N) is 4. The lowest BCUT2D eigenvalue weighted by Gasteiger charge is -2.47. The van der Waals surface area contributed by atoms with Gasteiger partial charge in [0.25, 0.3) is 11.8 Å². The van der Waals surface area contributed by atoms with Crippen LogP contribution in [-0.4, -0.2) is 95.4 Å². The summed E-state index contributed by atoms with van der Waals surface area (Å²) in [5, 5.41) is 0. The number of hydrogen-bond donors (Lipinski definition) is 0. The van der Waals surface area contributed by atoms with E-state index in [1.165, 1.54) is 16.2 Å². The van der Waals surface area contributed by atoms with Gasteiger partial charge in [-0.3, -0.25) is 19.4 Å². The van der Waals surface area contributed by atoms with Crippen LogP contribution in [0.3, 0.4) is 0 Å². The van der Waals surface area contributed by atoms with Crippen LogP contribution >= 0.6 is 11.3 Å². The first-order valence-corrected chi connectivity index (χ1v) is 17.1. The first-order valence-electron chi connectivity index (χ1n) is 16.2. The third-order valence-electron chi connectivity index (χ3n) is 9.88. The Hall–Kier alpha value is -3.42.